The molecule has 0 bridgehead atoms. The first kappa shape index (κ1) is 24.9. The zero-order valence-electron chi connectivity index (χ0n) is 21.1. The highest BCUT2D eigenvalue weighted by Gasteiger charge is 2.62. The van der Waals surface area contributed by atoms with Crippen LogP contribution in [-0.2, 0) is 22.7 Å². The van der Waals surface area contributed by atoms with Crippen molar-refractivity contribution in [3.8, 4) is 0 Å². The summed E-state index contributed by atoms with van der Waals surface area (Å²) in [6.45, 7) is 3.78. The molecule has 194 valence electrons. The minimum absolute atomic E-state index is 0.0166. The fourth-order valence-corrected chi connectivity index (χ4v) is 5.91. The Morgan fingerprint density at radius 3 is 2.70 bits per heavy atom. The molecule has 2 fully saturated rings. The molecule has 8 nitrogen and oxygen atoms in total. The van der Waals surface area contributed by atoms with Gasteiger partial charge in [0.15, 0.2) is 5.69 Å². The van der Waals surface area contributed by atoms with E-state index in [-0.39, 0.29) is 48.4 Å². The van der Waals surface area contributed by atoms with E-state index in [1.54, 1.807) is 48.2 Å². The van der Waals surface area contributed by atoms with Gasteiger partial charge in [-0.05, 0) is 43.2 Å². The van der Waals surface area contributed by atoms with Crippen molar-refractivity contribution >= 4 is 28.6 Å². The zero-order valence-corrected chi connectivity index (χ0v) is 21.1. The summed E-state index contributed by atoms with van der Waals surface area (Å²) in [5.41, 5.74) is 7.20. The molecule has 1 saturated heterocycles. The smallest absolute Gasteiger partial charge is 0.269 e. The lowest BCUT2D eigenvalue weighted by Gasteiger charge is -2.28. The SMILES string of the molecule is CCCC[C@H]1C2[C@H]1C[C@@H](C(=O)NCc1cccc(C)c1F)N2C(=O)Cn1nc(C(N)=O)c2ccccc21. The van der Waals surface area contributed by atoms with Crippen molar-refractivity contribution in [2.24, 2.45) is 17.6 Å². The van der Waals surface area contributed by atoms with Crippen molar-refractivity contribution in [2.75, 3.05) is 0 Å². The number of aryl methyl sites for hydroxylation is 1. The number of piperidine rings is 1. The van der Waals surface area contributed by atoms with Crippen LogP contribution in [0, 0.1) is 24.6 Å². The lowest BCUT2D eigenvalue weighted by atomic mass is 10.0. The van der Waals surface area contributed by atoms with E-state index in [2.05, 4.69) is 17.3 Å². The van der Waals surface area contributed by atoms with Crippen LogP contribution in [0.25, 0.3) is 10.9 Å². The number of para-hydroxylation sites is 1. The van der Waals surface area contributed by atoms with Gasteiger partial charge in [-0.2, -0.15) is 5.10 Å². The van der Waals surface area contributed by atoms with E-state index in [0.29, 0.717) is 34.4 Å². The number of likely N-dealkylation sites (tertiary alicyclic amines) is 1. The molecule has 1 unspecified atom stereocenters. The maximum Gasteiger partial charge on any atom is 0.269 e. The minimum atomic E-state index is -0.661. The van der Waals surface area contributed by atoms with Gasteiger partial charge in [-0.15, -0.1) is 0 Å². The van der Waals surface area contributed by atoms with E-state index in [1.165, 1.54) is 4.68 Å². The molecule has 0 radical (unpaired) electrons. The van der Waals surface area contributed by atoms with Crippen LogP contribution in [0.2, 0.25) is 0 Å². The molecule has 5 rings (SSSR count). The van der Waals surface area contributed by atoms with Crippen molar-refractivity contribution in [3.63, 3.8) is 0 Å². The largest absolute Gasteiger partial charge is 0.364 e. The van der Waals surface area contributed by atoms with Gasteiger partial charge in [-0.25, -0.2) is 4.39 Å². The molecule has 2 aliphatic rings. The molecular weight excluding hydrogens is 473 g/mol. The number of nitrogens with two attached hydrogens (primary N) is 1. The number of carbonyl (C=O) groups excluding carboxylic acids is 3. The standard InChI is InChI=1S/C28H32FN5O3/c1-3-4-10-18-20-13-22(28(37)31-14-17-9-7-8-16(2)24(17)29)34(26(18)20)23(35)15-33-21-12-6-5-11-19(21)25(32-33)27(30)36/h5-9,11-12,18,20,22,26H,3-4,10,13-15H2,1-2H3,(H2,30,36)(H,31,37)/t18-,20+,22+,26?/m1/s1. The topological polar surface area (TPSA) is 110 Å². The van der Waals surface area contributed by atoms with Crippen molar-refractivity contribution in [2.45, 2.75) is 64.7 Å². The highest BCUT2D eigenvalue weighted by molar-refractivity contribution is 6.04. The molecular formula is C28H32FN5O3. The van der Waals surface area contributed by atoms with Gasteiger partial charge in [-0.1, -0.05) is 56.2 Å². The van der Waals surface area contributed by atoms with Gasteiger partial charge < -0.3 is 16.0 Å². The predicted molar refractivity (Wildman–Crippen MR) is 137 cm³/mol. The van der Waals surface area contributed by atoms with Crippen molar-refractivity contribution in [1.29, 1.82) is 0 Å². The van der Waals surface area contributed by atoms with E-state index < -0.39 is 11.9 Å². The lowest BCUT2D eigenvalue weighted by Crippen LogP contribution is -2.49. The van der Waals surface area contributed by atoms with Gasteiger partial charge in [0, 0.05) is 23.5 Å². The molecule has 9 heteroatoms. The van der Waals surface area contributed by atoms with Crippen LogP contribution >= 0.6 is 0 Å². The third kappa shape index (κ3) is 4.58. The Hall–Kier alpha value is -3.75. The number of rotatable bonds is 9. The maximum atomic E-state index is 14.4. The second kappa shape index (κ2) is 9.95. The number of benzene rings is 2. The summed E-state index contributed by atoms with van der Waals surface area (Å²) < 4.78 is 15.9. The summed E-state index contributed by atoms with van der Waals surface area (Å²) in [6, 6.07) is 11.6. The normalized spacial score (nSPS) is 22.2. The van der Waals surface area contributed by atoms with Crippen molar-refractivity contribution < 1.29 is 18.8 Å². The molecule has 4 atom stereocenters. The average Bonchev–Trinajstić information content (AvgIpc) is 3.21. The number of amides is 3. The van der Waals surface area contributed by atoms with Crippen molar-refractivity contribution in [3.05, 3.63) is 65.1 Å². The zero-order chi connectivity index (χ0) is 26.3. The number of carbonyl (C=O) groups is 3. The number of primary amides is 1. The number of unbranched alkanes of at least 4 members (excludes halogenated alkanes) is 1. The molecule has 3 aromatic rings. The second-order valence-electron chi connectivity index (χ2n) is 10.2. The Morgan fingerprint density at radius 1 is 1.16 bits per heavy atom. The minimum Gasteiger partial charge on any atom is -0.364 e. The summed E-state index contributed by atoms with van der Waals surface area (Å²) in [6.07, 6.45) is 3.77. The van der Waals surface area contributed by atoms with Crippen LogP contribution < -0.4 is 11.1 Å². The number of aromatic nitrogens is 2. The summed E-state index contributed by atoms with van der Waals surface area (Å²) in [5, 5.41) is 7.76. The highest BCUT2D eigenvalue weighted by Crippen LogP contribution is 2.55. The maximum absolute atomic E-state index is 14.4. The second-order valence-corrected chi connectivity index (χ2v) is 10.2. The monoisotopic (exact) mass is 505 g/mol. The Kier molecular flexibility index (Phi) is 6.70. The van der Waals surface area contributed by atoms with E-state index in [4.69, 9.17) is 5.73 Å². The molecule has 1 aromatic heterocycles. The quantitative estimate of drug-likeness (QED) is 0.465. The fourth-order valence-electron chi connectivity index (χ4n) is 5.91. The molecule has 37 heavy (non-hydrogen) atoms. The molecule has 2 aromatic carbocycles. The average molecular weight is 506 g/mol. The fraction of sp³-hybridized carbons (Fsp3) is 0.429. The van der Waals surface area contributed by atoms with Gasteiger partial charge in [0.2, 0.25) is 11.8 Å². The van der Waals surface area contributed by atoms with E-state index >= 15 is 0 Å². The summed E-state index contributed by atoms with van der Waals surface area (Å²) in [7, 11) is 0. The molecule has 3 amide bonds. The van der Waals surface area contributed by atoms with Gasteiger partial charge in [-0.3, -0.25) is 19.1 Å². The van der Waals surface area contributed by atoms with E-state index in [0.717, 1.165) is 19.3 Å². The van der Waals surface area contributed by atoms with Gasteiger partial charge in [0.1, 0.15) is 18.4 Å². The number of halogens is 1. The Labute approximate surface area is 215 Å². The Balaban J connectivity index is 1.36. The van der Waals surface area contributed by atoms with Crippen LogP contribution in [-0.4, -0.2) is 44.5 Å². The van der Waals surface area contributed by atoms with E-state index in [9.17, 15) is 18.8 Å². The van der Waals surface area contributed by atoms with E-state index in [1.807, 2.05) is 6.07 Å². The number of hydrogen-bond acceptors (Lipinski definition) is 4. The summed E-state index contributed by atoms with van der Waals surface area (Å²) >= 11 is 0. The number of nitrogens with zero attached hydrogens (tertiary/aromatic N) is 3. The number of fused-ring (bicyclic) bond motifs is 2. The number of nitrogens with one attached hydrogen (secondary N) is 1. The molecule has 1 aliphatic carbocycles. The van der Waals surface area contributed by atoms with Crippen LogP contribution in [0.5, 0.6) is 0 Å². The molecule has 3 N–H and O–H groups in total. The molecule has 2 heterocycles. The first-order valence-corrected chi connectivity index (χ1v) is 12.9. The van der Waals surface area contributed by atoms with Crippen LogP contribution in [0.4, 0.5) is 4.39 Å². The molecule has 0 spiro atoms. The van der Waals surface area contributed by atoms with Crippen LogP contribution in [0.1, 0.15) is 54.2 Å². The first-order chi connectivity index (χ1) is 17.8. The predicted octanol–water partition coefficient (Wildman–Crippen LogP) is 3.30. The van der Waals surface area contributed by atoms with Crippen LogP contribution in [0.3, 0.4) is 0 Å². The van der Waals surface area contributed by atoms with Gasteiger partial charge in [0.05, 0.1) is 5.52 Å². The van der Waals surface area contributed by atoms with Gasteiger partial charge in [0.25, 0.3) is 5.91 Å². The first-order valence-electron chi connectivity index (χ1n) is 12.9. The number of hydrogen-bond donors (Lipinski definition) is 2. The van der Waals surface area contributed by atoms with Crippen LogP contribution in [0.15, 0.2) is 42.5 Å². The van der Waals surface area contributed by atoms with Crippen molar-refractivity contribution in [1.82, 2.24) is 20.0 Å². The van der Waals surface area contributed by atoms with Gasteiger partial charge >= 0.3 is 0 Å². The Morgan fingerprint density at radius 2 is 1.95 bits per heavy atom. The Bertz CT molecular complexity index is 1370. The third-order valence-electron chi connectivity index (χ3n) is 7.82. The molecule has 1 aliphatic heterocycles. The summed E-state index contributed by atoms with van der Waals surface area (Å²) in [4.78, 5) is 40.6. The molecule has 1 saturated carbocycles. The summed E-state index contributed by atoms with van der Waals surface area (Å²) in [5.74, 6) is -0.821. The highest BCUT2D eigenvalue weighted by atomic mass is 19.1. The third-order valence-corrected chi connectivity index (χ3v) is 7.82. The lowest BCUT2D eigenvalue weighted by molar-refractivity contribution is -0.140.